The third kappa shape index (κ3) is 2.79. The van der Waals surface area contributed by atoms with Gasteiger partial charge in [-0.1, -0.05) is 0 Å². The molecule has 2 fully saturated rings. The monoisotopic (exact) mass is 312 g/mol. The zero-order valence-electron chi connectivity index (χ0n) is 12.3. The fourth-order valence-corrected chi connectivity index (χ4v) is 4.93. The number of nitrogens with one attached hydrogen (secondary N) is 1. The molecule has 0 unspecified atom stereocenters. The molecule has 0 heterocycles. The Hall–Kier alpha value is -1.14. The lowest BCUT2D eigenvalue weighted by molar-refractivity contribution is 0.471. The Labute approximate surface area is 125 Å². The third-order valence-corrected chi connectivity index (χ3v) is 6.27. The fourth-order valence-electron chi connectivity index (χ4n) is 3.07. The minimum Gasteiger partial charge on any atom is -0.396 e. The minimum atomic E-state index is -3.67. The summed E-state index contributed by atoms with van der Waals surface area (Å²) in [6, 6.07) is 1.22. The maximum Gasteiger partial charge on any atom is 0.241 e. The van der Waals surface area contributed by atoms with Crippen LogP contribution in [0, 0.1) is 31.5 Å². The molecule has 21 heavy (non-hydrogen) atoms. The second-order valence-corrected chi connectivity index (χ2v) is 8.02. The van der Waals surface area contributed by atoms with Crippen LogP contribution in [0.2, 0.25) is 0 Å². The molecule has 0 saturated heterocycles. The largest absolute Gasteiger partial charge is 0.396 e. The summed E-state index contributed by atoms with van der Waals surface area (Å²) >= 11 is 0. The lowest BCUT2D eigenvalue weighted by Gasteiger charge is -2.20. The lowest BCUT2D eigenvalue weighted by Crippen LogP contribution is -2.38. The maximum atomic E-state index is 13.6. The van der Waals surface area contributed by atoms with E-state index in [9.17, 15) is 12.8 Å². The predicted molar refractivity (Wildman–Crippen MR) is 79.8 cm³/mol. The molecule has 0 bridgehead atoms. The summed E-state index contributed by atoms with van der Waals surface area (Å²) in [7, 11) is -3.67. The molecule has 4 nitrogen and oxygen atoms in total. The Bertz CT molecular complexity index is 667. The molecule has 1 aromatic carbocycles. The van der Waals surface area contributed by atoms with Crippen LogP contribution in [0.3, 0.4) is 0 Å². The van der Waals surface area contributed by atoms with Crippen molar-refractivity contribution in [2.24, 2.45) is 11.8 Å². The van der Waals surface area contributed by atoms with Gasteiger partial charge in [-0.2, -0.15) is 0 Å². The van der Waals surface area contributed by atoms with Crippen molar-refractivity contribution in [1.29, 1.82) is 0 Å². The van der Waals surface area contributed by atoms with Crippen LogP contribution in [0.15, 0.2) is 11.0 Å². The standard InChI is InChI=1S/C15H21FN2O2S/c1-8-7-12(16)13(17)9(2)15(8)21(19,20)18-14(10-3-4-10)11-5-6-11/h7,10-11,14,18H,3-6,17H2,1-2H3. The third-order valence-electron chi connectivity index (χ3n) is 4.52. The number of benzene rings is 1. The molecule has 2 saturated carbocycles. The molecule has 1 aromatic rings. The molecule has 2 aliphatic rings. The van der Waals surface area contributed by atoms with Gasteiger partial charge in [0.05, 0.1) is 10.6 Å². The summed E-state index contributed by atoms with van der Waals surface area (Å²) in [6.07, 6.45) is 4.36. The van der Waals surface area contributed by atoms with E-state index in [2.05, 4.69) is 4.72 Å². The van der Waals surface area contributed by atoms with E-state index in [1.165, 1.54) is 6.07 Å². The van der Waals surface area contributed by atoms with Gasteiger partial charge in [0.1, 0.15) is 5.82 Å². The zero-order chi connectivity index (χ0) is 15.4. The maximum absolute atomic E-state index is 13.6. The molecule has 116 valence electrons. The highest BCUT2D eigenvalue weighted by atomic mass is 32.2. The van der Waals surface area contributed by atoms with Crippen LogP contribution in [-0.4, -0.2) is 14.5 Å². The Kier molecular flexibility index (Phi) is 3.48. The fraction of sp³-hybridized carbons (Fsp3) is 0.600. The topological polar surface area (TPSA) is 72.2 Å². The number of nitrogens with two attached hydrogens (primary N) is 1. The van der Waals surface area contributed by atoms with Gasteiger partial charge < -0.3 is 5.73 Å². The molecule has 2 aliphatic carbocycles. The number of halogens is 1. The van der Waals surface area contributed by atoms with Crippen LogP contribution in [-0.2, 0) is 10.0 Å². The SMILES string of the molecule is Cc1cc(F)c(N)c(C)c1S(=O)(=O)NC(C1CC1)C1CC1. The van der Waals surface area contributed by atoms with E-state index < -0.39 is 15.8 Å². The molecule has 0 atom stereocenters. The quantitative estimate of drug-likeness (QED) is 0.821. The van der Waals surface area contributed by atoms with E-state index in [4.69, 9.17) is 5.73 Å². The highest BCUT2D eigenvalue weighted by Crippen LogP contribution is 2.45. The van der Waals surface area contributed by atoms with Gasteiger partial charge in [-0.05, 0) is 68.6 Å². The lowest BCUT2D eigenvalue weighted by atomic mass is 10.1. The van der Waals surface area contributed by atoms with Crippen molar-refractivity contribution in [1.82, 2.24) is 4.72 Å². The molecule has 3 rings (SSSR count). The minimum absolute atomic E-state index is 0.0278. The van der Waals surface area contributed by atoms with Crippen molar-refractivity contribution < 1.29 is 12.8 Å². The van der Waals surface area contributed by atoms with Crippen molar-refractivity contribution in [3.8, 4) is 0 Å². The average Bonchev–Trinajstić information content (AvgIpc) is 3.26. The first-order valence-corrected chi connectivity index (χ1v) is 8.87. The van der Waals surface area contributed by atoms with E-state index >= 15 is 0 Å². The Morgan fingerprint density at radius 2 is 1.76 bits per heavy atom. The first-order chi connectivity index (χ1) is 9.81. The molecule has 0 radical (unpaired) electrons. The summed E-state index contributed by atoms with van der Waals surface area (Å²) in [6.45, 7) is 3.16. The summed E-state index contributed by atoms with van der Waals surface area (Å²) in [5.74, 6) is 0.362. The van der Waals surface area contributed by atoms with Crippen molar-refractivity contribution in [2.75, 3.05) is 5.73 Å². The van der Waals surface area contributed by atoms with E-state index in [1.54, 1.807) is 13.8 Å². The smallest absolute Gasteiger partial charge is 0.241 e. The Balaban J connectivity index is 1.96. The van der Waals surface area contributed by atoms with Crippen molar-refractivity contribution in [2.45, 2.75) is 50.5 Å². The van der Waals surface area contributed by atoms with Gasteiger partial charge in [0, 0.05) is 6.04 Å². The summed E-state index contributed by atoms with van der Waals surface area (Å²) in [5, 5.41) is 0. The Morgan fingerprint density at radius 1 is 1.24 bits per heavy atom. The summed E-state index contributed by atoms with van der Waals surface area (Å²) in [4.78, 5) is 0.132. The number of hydrogen-bond donors (Lipinski definition) is 2. The Morgan fingerprint density at radius 3 is 2.24 bits per heavy atom. The first-order valence-electron chi connectivity index (χ1n) is 7.38. The van der Waals surface area contributed by atoms with Gasteiger partial charge in [0.2, 0.25) is 10.0 Å². The number of sulfonamides is 1. The van der Waals surface area contributed by atoms with Crippen molar-refractivity contribution >= 4 is 15.7 Å². The molecule has 0 aliphatic heterocycles. The van der Waals surface area contributed by atoms with Crippen molar-refractivity contribution in [3.63, 3.8) is 0 Å². The van der Waals surface area contributed by atoms with Gasteiger partial charge in [-0.25, -0.2) is 17.5 Å². The molecule has 0 aromatic heterocycles. The molecule has 0 spiro atoms. The van der Waals surface area contributed by atoms with Crippen LogP contribution in [0.25, 0.3) is 0 Å². The molecule has 6 heteroatoms. The van der Waals surface area contributed by atoms with Crippen molar-refractivity contribution in [3.05, 3.63) is 23.0 Å². The van der Waals surface area contributed by atoms with Crippen LogP contribution < -0.4 is 10.5 Å². The van der Waals surface area contributed by atoms with E-state index in [1.807, 2.05) is 0 Å². The molecular formula is C15H21FN2O2S. The van der Waals surface area contributed by atoms with Crippen LogP contribution in [0.4, 0.5) is 10.1 Å². The van der Waals surface area contributed by atoms with E-state index in [0.717, 1.165) is 25.7 Å². The highest BCUT2D eigenvalue weighted by Gasteiger charge is 2.43. The zero-order valence-corrected chi connectivity index (χ0v) is 13.1. The van der Waals surface area contributed by atoms with Crippen LogP contribution >= 0.6 is 0 Å². The number of rotatable bonds is 5. The number of hydrogen-bond acceptors (Lipinski definition) is 3. The number of aryl methyl sites for hydroxylation is 1. The van der Waals surface area contributed by atoms with E-state index in [0.29, 0.717) is 23.0 Å². The van der Waals surface area contributed by atoms with Gasteiger partial charge >= 0.3 is 0 Å². The average molecular weight is 312 g/mol. The van der Waals surface area contributed by atoms with Crippen LogP contribution in [0.1, 0.15) is 36.8 Å². The van der Waals surface area contributed by atoms with Crippen LogP contribution in [0.5, 0.6) is 0 Å². The summed E-state index contributed by atoms with van der Waals surface area (Å²) < 4.78 is 41.9. The second-order valence-electron chi connectivity index (χ2n) is 6.37. The summed E-state index contributed by atoms with van der Waals surface area (Å²) in [5.41, 5.74) is 6.27. The molecule has 3 N–H and O–H groups in total. The van der Waals surface area contributed by atoms with E-state index in [-0.39, 0.29) is 16.6 Å². The second kappa shape index (κ2) is 4.95. The first kappa shape index (κ1) is 14.8. The number of nitrogen functional groups attached to an aromatic ring is 1. The number of anilines is 1. The van der Waals surface area contributed by atoms with Gasteiger partial charge in [-0.15, -0.1) is 0 Å². The van der Waals surface area contributed by atoms with Gasteiger partial charge in [-0.3, -0.25) is 0 Å². The normalized spacial score (nSPS) is 19.2. The molecular weight excluding hydrogens is 291 g/mol. The van der Waals surface area contributed by atoms with Gasteiger partial charge in [0.25, 0.3) is 0 Å². The van der Waals surface area contributed by atoms with Gasteiger partial charge in [0.15, 0.2) is 0 Å². The molecule has 0 amide bonds. The predicted octanol–water partition coefficient (Wildman–Crippen LogP) is 2.49. The highest BCUT2D eigenvalue weighted by molar-refractivity contribution is 7.89.